The van der Waals surface area contributed by atoms with E-state index < -0.39 is 15.6 Å². The molecule has 1 unspecified atom stereocenters. The molecule has 2 aromatic rings. The Morgan fingerprint density at radius 1 is 1.29 bits per heavy atom. The van der Waals surface area contributed by atoms with Gasteiger partial charge in [-0.25, -0.2) is 0 Å². The molecule has 146 valence electrons. The Bertz CT molecular complexity index is 918. The Hall–Kier alpha value is -2.87. The number of non-ortho nitro benzene ring substituents is 1. The van der Waals surface area contributed by atoms with E-state index in [2.05, 4.69) is 0 Å². The molecule has 28 heavy (non-hydrogen) atoms. The largest absolute Gasteiger partial charge is 0.481 e. The summed E-state index contributed by atoms with van der Waals surface area (Å²) in [7, 11) is 0. The molecular weight excluding hydrogens is 380 g/mol. The number of aliphatic carboxylic acids is 1. The molecule has 1 heterocycles. The summed E-state index contributed by atoms with van der Waals surface area (Å²) in [4.78, 5) is 37.6. The third-order valence-corrected chi connectivity index (χ3v) is 6.08. The van der Waals surface area contributed by atoms with Crippen LogP contribution in [0.2, 0.25) is 0 Å². The Kier molecular flexibility index (Phi) is 5.69. The molecule has 2 aromatic carbocycles. The number of rotatable bonds is 6. The van der Waals surface area contributed by atoms with Gasteiger partial charge in [-0.2, -0.15) is 0 Å². The molecule has 1 N–H and O–H groups in total. The Balaban J connectivity index is 1.95. The number of hydrogen-bond donors (Lipinski definition) is 1. The number of benzene rings is 2. The van der Waals surface area contributed by atoms with Gasteiger partial charge in [0.25, 0.3) is 5.69 Å². The summed E-state index contributed by atoms with van der Waals surface area (Å²) < 4.78 is -1.18. The highest BCUT2D eigenvalue weighted by Gasteiger charge is 2.42. The van der Waals surface area contributed by atoms with Crippen molar-refractivity contribution in [2.24, 2.45) is 0 Å². The number of hydrogen-bond acceptors (Lipinski definition) is 5. The van der Waals surface area contributed by atoms with Gasteiger partial charge < -0.3 is 10.0 Å². The predicted octanol–water partition coefficient (Wildman–Crippen LogP) is 3.51. The number of nitro groups is 1. The van der Waals surface area contributed by atoms with Crippen molar-refractivity contribution in [2.75, 3.05) is 6.54 Å². The number of thioether (sulfide) groups is 1. The molecule has 1 atom stereocenters. The first-order valence-corrected chi connectivity index (χ1v) is 9.61. The lowest BCUT2D eigenvalue weighted by molar-refractivity contribution is -0.385. The molecule has 0 fully saturated rings. The summed E-state index contributed by atoms with van der Waals surface area (Å²) in [5, 5.41) is 20.5. The lowest BCUT2D eigenvalue weighted by atomic mass is 10.0. The van der Waals surface area contributed by atoms with Gasteiger partial charge in [0.05, 0.1) is 11.3 Å². The first kappa shape index (κ1) is 19.9. The van der Waals surface area contributed by atoms with Crippen LogP contribution in [0.15, 0.2) is 53.4 Å². The van der Waals surface area contributed by atoms with Crippen molar-refractivity contribution < 1.29 is 19.6 Å². The standard InChI is InChI=1S/C20H20N2O5S/c1-20(12-18(23)24)19(25)21(10-9-14-5-3-2-4-6-14)13-15-11-16(22(26)27)7-8-17(15)28-20/h2-8,11H,9-10,12-13H2,1H3,(H,23,24). The second-order valence-corrected chi connectivity index (χ2v) is 8.46. The fourth-order valence-corrected chi connectivity index (χ4v) is 4.58. The van der Waals surface area contributed by atoms with Gasteiger partial charge in [-0.05, 0) is 30.5 Å². The zero-order chi connectivity index (χ0) is 20.3. The maximum absolute atomic E-state index is 13.2. The lowest BCUT2D eigenvalue weighted by Crippen LogP contribution is -2.45. The van der Waals surface area contributed by atoms with Crippen LogP contribution in [0.1, 0.15) is 24.5 Å². The summed E-state index contributed by atoms with van der Waals surface area (Å²) in [6.45, 7) is 2.24. The van der Waals surface area contributed by atoms with Gasteiger partial charge in [-0.3, -0.25) is 19.7 Å². The number of nitro benzene ring substituents is 1. The van der Waals surface area contributed by atoms with Crippen LogP contribution in [0.4, 0.5) is 5.69 Å². The van der Waals surface area contributed by atoms with Gasteiger partial charge in [0.15, 0.2) is 0 Å². The minimum atomic E-state index is -1.18. The predicted molar refractivity (Wildman–Crippen MR) is 105 cm³/mol. The molecule has 0 spiro atoms. The number of amides is 1. The monoisotopic (exact) mass is 400 g/mol. The van der Waals surface area contributed by atoms with Crippen molar-refractivity contribution >= 4 is 29.3 Å². The SMILES string of the molecule is CC1(CC(=O)O)Sc2ccc([N+](=O)[O-])cc2CN(CCc2ccccc2)C1=O. The van der Waals surface area contributed by atoms with Crippen molar-refractivity contribution in [1.82, 2.24) is 4.90 Å². The molecule has 8 heteroatoms. The highest BCUT2D eigenvalue weighted by atomic mass is 32.2. The van der Waals surface area contributed by atoms with E-state index in [1.807, 2.05) is 30.3 Å². The highest BCUT2D eigenvalue weighted by molar-refractivity contribution is 8.01. The van der Waals surface area contributed by atoms with E-state index in [-0.39, 0.29) is 24.6 Å². The van der Waals surface area contributed by atoms with Gasteiger partial charge >= 0.3 is 5.97 Å². The fourth-order valence-electron chi connectivity index (χ4n) is 3.29. The number of fused-ring (bicyclic) bond motifs is 1. The zero-order valence-electron chi connectivity index (χ0n) is 15.3. The molecule has 0 bridgehead atoms. The van der Waals surface area contributed by atoms with Crippen LogP contribution in [0, 0.1) is 10.1 Å². The molecule has 0 saturated carbocycles. The number of nitrogens with zero attached hydrogens (tertiary/aromatic N) is 2. The molecule has 1 aliphatic heterocycles. The number of carboxylic acids is 1. The van der Waals surface area contributed by atoms with Gasteiger partial charge in [-0.15, -0.1) is 11.8 Å². The Morgan fingerprint density at radius 2 is 2.00 bits per heavy atom. The van der Waals surface area contributed by atoms with Crippen molar-refractivity contribution in [3.8, 4) is 0 Å². The quantitative estimate of drug-likeness (QED) is 0.588. The smallest absolute Gasteiger partial charge is 0.305 e. The number of carbonyl (C=O) groups is 2. The normalized spacial score (nSPS) is 19.0. The first-order chi connectivity index (χ1) is 13.3. The molecule has 1 amide bonds. The van der Waals surface area contributed by atoms with E-state index in [9.17, 15) is 24.8 Å². The molecule has 7 nitrogen and oxygen atoms in total. The van der Waals surface area contributed by atoms with Crippen molar-refractivity contribution in [1.29, 1.82) is 0 Å². The summed E-state index contributed by atoms with van der Waals surface area (Å²) in [6, 6.07) is 14.1. The topological polar surface area (TPSA) is 101 Å². The van der Waals surface area contributed by atoms with E-state index in [0.717, 1.165) is 5.56 Å². The van der Waals surface area contributed by atoms with E-state index in [1.54, 1.807) is 17.9 Å². The van der Waals surface area contributed by atoms with E-state index in [0.29, 0.717) is 23.4 Å². The molecule has 0 aliphatic carbocycles. The third kappa shape index (κ3) is 4.33. The summed E-state index contributed by atoms with van der Waals surface area (Å²) in [5.41, 5.74) is 1.68. The number of carboxylic acid groups (broad SMARTS) is 1. The van der Waals surface area contributed by atoms with Crippen LogP contribution in [0.25, 0.3) is 0 Å². The van der Waals surface area contributed by atoms with Crippen LogP contribution in [-0.2, 0) is 22.6 Å². The first-order valence-electron chi connectivity index (χ1n) is 8.80. The molecule has 0 aromatic heterocycles. The van der Waals surface area contributed by atoms with Crippen LogP contribution in [0.5, 0.6) is 0 Å². The second-order valence-electron chi connectivity index (χ2n) is 6.91. The van der Waals surface area contributed by atoms with E-state index in [1.165, 1.54) is 23.9 Å². The highest BCUT2D eigenvalue weighted by Crippen LogP contribution is 2.43. The van der Waals surface area contributed by atoms with Crippen LogP contribution < -0.4 is 0 Å². The van der Waals surface area contributed by atoms with Crippen LogP contribution in [-0.4, -0.2) is 38.1 Å². The van der Waals surface area contributed by atoms with Crippen molar-refractivity contribution in [2.45, 2.75) is 36.0 Å². The molecule has 0 radical (unpaired) electrons. The molecule has 0 saturated heterocycles. The lowest BCUT2D eigenvalue weighted by Gasteiger charge is -2.30. The van der Waals surface area contributed by atoms with E-state index >= 15 is 0 Å². The van der Waals surface area contributed by atoms with Gasteiger partial charge in [0.1, 0.15) is 4.75 Å². The fraction of sp³-hybridized carbons (Fsp3) is 0.300. The maximum Gasteiger partial charge on any atom is 0.305 e. The maximum atomic E-state index is 13.2. The van der Waals surface area contributed by atoms with Crippen LogP contribution in [0.3, 0.4) is 0 Å². The summed E-state index contributed by atoms with van der Waals surface area (Å²) >= 11 is 1.17. The molecular formula is C20H20N2O5S. The average Bonchev–Trinajstić information content (AvgIpc) is 2.74. The molecule has 3 rings (SSSR count). The van der Waals surface area contributed by atoms with E-state index in [4.69, 9.17) is 0 Å². The minimum Gasteiger partial charge on any atom is -0.481 e. The number of carbonyl (C=O) groups excluding carboxylic acids is 1. The zero-order valence-corrected chi connectivity index (χ0v) is 16.1. The van der Waals surface area contributed by atoms with Crippen LogP contribution >= 0.6 is 11.8 Å². The average molecular weight is 400 g/mol. The van der Waals surface area contributed by atoms with Gasteiger partial charge in [0, 0.05) is 30.1 Å². The third-order valence-electron chi connectivity index (χ3n) is 4.69. The Labute approximate surface area is 166 Å². The Morgan fingerprint density at radius 3 is 2.64 bits per heavy atom. The van der Waals surface area contributed by atoms with Crippen molar-refractivity contribution in [3.63, 3.8) is 0 Å². The minimum absolute atomic E-state index is 0.0448. The summed E-state index contributed by atoms with van der Waals surface area (Å²) in [6.07, 6.45) is 0.291. The summed E-state index contributed by atoms with van der Waals surface area (Å²) in [5.74, 6) is -1.33. The van der Waals surface area contributed by atoms with Gasteiger partial charge in [0.2, 0.25) is 5.91 Å². The second kappa shape index (κ2) is 8.02. The van der Waals surface area contributed by atoms with Crippen molar-refractivity contribution in [3.05, 3.63) is 69.8 Å². The molecule has 1 aliphatic rings. The van der Waals surface area contributed by atoms with Gasteiger partial charge in [-0.1, -0.05) is 30.3 Å².